The number of nitrogens with zero attached hydrogens (tertiary/aromatic N) is 2. The maximum atomic E-state index is 13.8. The third kappa shape index (κ3) is 4.09. The van der Waals surface area contributed by atoms with Gasteiger partial charge in [0.15, 0.2) is 9.84 Å². The predicted octanol–water partition coefficient (Wildman–Crippen LogP) is 5.40. The standard InChI is InChI=1S/C22H16ClFN2O2S/c1-29(27,28)20-11-9-19(10-12-20)26-22(16-3-2-4-18(24)13-16)14-21(25-26)15-5-7-17(23)8-6-15/h2-14H,1H3. The first-order valence-electron chi connectivity index (χ1n) is 8.74. The average molecular weight is 427 g/mol. The molecule has 0 spiro atoms. The van der Waals surface area contributed by atoms with E-state index in [-0.39, 0.29) is 10.7 Å². The molecule has 3 aromatic carbocycles. The van der Waals surface area contributed by atoms with Crippen LogP contribution >= 0.6 is 11.6 Å². The van der Waals surface area contributed by atoms with Gasteiger partial charge >= 0.3 is 0 Å². The Morgan fingerprint density at radius 1 is 0.897 bits per heavy atom. The van der Waals surface area contributed by atoms with Crippen molar-refractivity contribution in [3.63, 3.8) is 0 Å². The minimum Gasteiger partial charge on any atom is -0.232 e. The van der Waals surface area contributed by atoms with E-state index >= 15 is 0 Å². The largest absolute Gasteiger partial charge is 0.232 e. The van der Waals surface area contributed by atoms with E-state index in [1.165, 1.54) is 24.3 Å². The lowest BCUT2D eigenvalue weighted by molar-refractivity contribution is 0.602. The van der Waals surface area contributed by atoms with Crippen molar-refractivity contribution in [3.05, 3.63) is 89.7 Å². The SMILES string of the molecule is CS(=O)(=O)c1ccc(-n2nc(-c3ccc(Cl)cc3)cc2-c2cccc(F)c2)cc1. The summed E-state index contributed by atoms with van der Waals surface area (Å²) in [6.45, 7) is 0. The van der Waals surface area contributed by atoms with E-state index in [0.717, 1.165) is 11.8 Å². The summed E-state index contributed by atoms with van der Waals surface area (Å²) in [6.07, 6.45) is 1.16. The van der Waals surface area contributed by atoms with Crippen molar-refractivity contribution in [2.45, 2.75) is 4.90 Å². The Labute approximate surface area is 173 Å². The van der Waals surface area contributed by atoms with E-state index in [9.17, 15) is 12.8 Å². The second-order valence-electron chi connectivity index (χ2n) is 6.61. The molecular weight excluding hydrogens is 411 g/mol. The second-order valence-corrected chi connectivity index (χ2v) is 9.06. The summed E-state index contributed by atoms with van der Waals surface area (Å²) in [7, 11) is -3.30. The molecule has 0 aliphatic heterocycles. The number of aromatic nitrogens is 2. The van der Waals surface area contributed by atoms with Crippen molar-refractivity contribution >= 4 is 21.4 Å². The molecule has 4 rings (SSSR count). The minimum atomic E-state index is -3.30. The van der Waals surface area contributed by atoms with E-state index in [1.54, 1.807) is 41.1 Å². The van der Waals surface area contributed by atoms with Gasteiger partial charge in [0, 0.05) is 22.4 Å². The molecule has 1 aromatic heterocycles. The number of rotatable bonds is 4. The lowest BCUT2D eigenvalue weighted by Crippen LogP contribution is -2.01. The molecule has 0 fully saturated rings. The van der Waals surface area contributed by atoms with Crippen molar-refractivity contribution in [1.29, 1.82) is 0 Å². The highest BCUT2D eigenvalue weighted by Gasteiger charge is 2.15. The quantitative estimate of drug-likeness (QED) is 0.439. The van der Waals surface area contributed by atoms with Gasteiger partial charge in [-0.25, -0.2) is 17.5 Å². The highest BCUT2D eigenvalue weighted by atomic mass is 35.5. The third-order valence-corrected chi connectivity index (χ3v) is 5.86. The number of benzene rings is 3. The molecular formula is C22H16ClFN2O2S. The molecule has 0 radical (unpaired) electrons. The fraction of sp³-hybridized carbons (Fsp3) is 0.0455. The van der Waals surface area contributed by atoms with Gasteiger partial charge < -0.3 is 0 Å². The zero-order valence-corrected chi connectivity index (χ0v) is 17.0. The molecule has 0 amide bonds. The molecule has 0 aliphatic carbocycles. The Kier molecular flexibility index (Phi) is 4.98. The Hall–Kier alpha value is -2.96. The average Bonchev–Trinajstić information content (AvgIpc) is 3.13. The topological polar surface area (TPSA) is 52.0 Å². The smallest absolute Gasteiger partial charge is 0.175 e. The van der Waals surface area contributed by atoms with Gasteiger partial charge in [-0.15, -0.1) is 0 Å². The Morgan fingerprint density at radius 2 is 1.59 bits per heavy atom. The molecule has 146 valence electrons. The number of sulfone groups is 1. The van der Waals surface area contributed by atoms with Crippen LogP contribution < -0.4 is 0 Å². The summed E-state index contributed by atoms with van der Waals surface area (Å²) in [5, 5.41) is 5.30. The third-order valence-electron chi connectivity index (χ3n) is 4.48. The number of hydrogen-bond donors (Lipinski definition) is 0. The minimum absolute atomic E-state index is 0.221. The van der Waals surface area contributed by atoms with Crippen LogP contribution in [0.5, 0.6) is 0 Å². The summed E-state index contributed by atoms with van der Waals surface area (Å²) in [5.74, 6) is -0.351. The first-order chi connectivity index (χ1) is 13.8. The molecule has 4 nitrogen and oxygen atoms in total. The Bertz CT molecular complexity index is 1280. The molecule has 1 heterocycles. The number of hydrogen-bond acceptors (Lipinski definition) is 3. The van der Waals surface area contributed by atoms with Gasteiger partial charge in [0.2, 0.25) is 0 Å². The summed E-state index contributed by atoms with van der Waals surface area (Å²) in [6, 6.07) is 21.8. The molecule has 4 aromatic rings. The molecule has 29 heavy (non-hydrogen) atoms. The van der Waals surface area contributed by atoms with Crippen molar-refractivity contribution in [2.24, 2.45) is 0 Å². The van der Waals surface area contributed by atoms with Crippen LogP contribution in [0.15, 0.2) is 83.8 Å². The van der Waals surface area contributed by atoms with Gasteiger partial charge in [-0.1, -0.05) is 35.9 Å². The predicted molar refractivity (Wildman–Crippen MR) is 113 cm³/mol. The zero-order chi connectivity index (χ0) is 20.6. The van der Waals surface area contributed by atoms with Gasteiger partial charge in [-0.2, -0.15) is 5.10 Å². The summed E-state index contributed by atoms with van der Waals surface area (Å²) < 4.78 is 39.0. The monoisotopic (exact) mass is 426 g/mol. The van der Waals surface area contributed by atoms with E-state index in [0.29, 0.717) is 27.7 Å². The molecule has 0 aliphatic rings. The van der Waals surface area contributed by atoms with Crippen LogP contribution in [0.2, 0.25) is 5.02 Å². The van der Waals surface area contributed by atoms with Gasteiger partial charge in [0.1, 0.15) is 5.82 Å². The van der Waals surface area contributed by atoms with E-state index in [4.69, 9.17) is 11.6 Å². The first-order valence-corrected chi connectivity index (χ1v) is 11.0. The van der Waals surface area contributed by atoms with E-state index < -0.39 is 9.84 Å². The van der Waals surface area contributed by atoms with Crippen LogP contribution in [0.4, 0.5) is 4.39 Å². The highest BCUT2D eigenvalue weighted by molar-refractivity contribution is 7.90. The molecule has 0 saturated heterocycles. The van der Waals surface area contributed by atoms with Crippen LogP contribution in [0.25, 0.3) is 28.2 Å². The maximum absolute atomic E-state index is 13.8. The van der Waals surface area contributed by atoms with Crippen LogP contribution in [-0.2, 0) is 9.84 Å². The maximum Gasteiger partial charge on any atom is 0.175 e. The number of halogens is 2. The van der Waals surface area contributed by atoms with E-state index in [1.807, 2.05) is 18.2 Å². The van der Waals surface area contributed by atoms with Gasteiger partial charge in [-0.3, -0.25) is 0 Å². The highest BCUT2D eigenvalue weighted by Crippen LogP contribution is 2.30. The Morgan fingerprint density at radius 3 is 2.21 bits per heavy atom. The zero-order valence-electron chi connectivity index (χ0n) is 15.4. The van der Waals surface area contributed by atoms with Crippen molar-refractivity contribution in [3.8, 4) is 28.2 Å². The fourth-order valence-corrected chi connectivity index (χ4v) is 3.78. The first kappa shape index (κ1) is 19.4. The summed E-state index contributed by atoms with van der Waals surface area (Å²) in [4.78, 5) is 0.221. The molecule has 0 unspecified atom stereocenters. The molecule has 7 heteroatoms. The summed E-state index contributed by atoms with van der Waals surface area (Å²) >= 11 is 5.98. The van der Waals surface area contributed by atoms with Crippen LogP contribution in [0.3, 0.4) is 0 Å². The van der Waals surface area contributed by atoms with E-state index in [2.05, 4.69) is 5.10 Å². The molecule has 0 atom stereocenters. The fourth-order valence-electron chi connectivity index (χ4n) is 3.03. The normalized spacial score (nSPS) is 11.6. The van der Waals surface area contributed by atoms with Gasteiger partial charge in [0.25, 0.3) is 0 Å². The van der Waals surface area contributed by atoms with Crippen LogP contribution in [0.1, 0.15) is 0 Å². The van der Waals surface area contributed by atoms with Gasteiger partial charge in [0.05, 0.1) is 22.0 Å². The lowest BCUT2D eigenvalue weighted by Gasteiger charge is -2.08. The Balaban J connectivity index is 1.88. The molecule has 0 bridgehead atoms. The van der Waals surface area contributed by atoms with Crippen LogP contribution in [0, 0.1) is 5.82 Å². The van der Waals surface area contributed by atoms with Gasteiger partial charge in [-0.05, 0) is 54.6 Å². The molecule has 0 saturated carbocycles. The molecule has 0 N–H and O–H groups in total. The summed E-state index contributed by atoms with van der Waals surface area (Å²) in [5.41, 5.74) is 3.55. The lowest BCUT2D eigenvalue weighted by atomic mass is 10.1. The second kappa shape index (κ2) is 7.46. The van der Waals surface area contributed by atoms with Crippen molar-refractivity contribution in [2.75, 3.05) is 6.26 Å². The van der Waals surface area contributed by atoms with Crippen LogP contribution in [-0.4, -0.2) is 24.5 Å². The van der Waals surface area contributed by atoms with Crippen molar-refractivity contribution in [1.82, 2.24) is 9.78 Å². The van der Waals surface area contributed by atoms with Crippen molar-refractivity contribution < 1.29 is 12.8 Å².